The Kier molecular flexibility index (Phi) is 6.90. The van der Waals surface area contributed by atoms with Crippen LogP contribution in [0.1, 0.15) is 38.3 Å². The van der Waals surface area contributed by atoms with Crippen molar-refractivity contribution in [3.63, 3.8) is 0 Å². The molecule has 7 nitrogen and oxygen atoms in total. The van der Waals surface area contributed by atoms with Crippen LogP contribution < -0.4 is 20.1 Å². The summed E-state index contributed by atoms with van der Waals surface area (Å²) in [7, 11) is 3.04. The van der Waals surface area contributed by atoms with Crippen molar-refractivity contribution < 1.29 is 23.8 Å². The number of hydrogen-bond acceptors (Lipinski definition) is 5. The van der Waals surface area contributed by atoms with Crippen LogP contribution in [0.4, 0.5) is 4.79 Å². The molecule has 0 saturated carbocycles. The number of allylic oxidation sites excluding steroid dienone is 1. The van der Waals surface area contributed by atoms with E-state index in [4.69, 9.17) is 14.2 Å². The molecule has 2 N–H and O–H groups in total. The molecule has 1 aromatic rings. The maximum Gasteiger partial charge on any atom is 0.338 e. The Morgan fingerprint density at radius 2 is 1.96 bits per heavy atom. The molecule has 142 valence electrons. The molecule has 1 aliphatic rings. The molecular weight excluding hydrogens is 404 g/mol. The van der Waals surface area contributed by atoms with Gasteiger partial charge in [-0.3, -0.25) is 0 Å². The summed E-state index contributed by atoms with van der Waals surface area (Å²) in [5.41, 5.74) is 1.53. The number of carbonyl (C=O) groups excluding carboxylic acids is 2. The van der Waals surface area contributed by atoms with Gasteiger partial charge >= 0.3 is 12.0 Å². The molecule has 0 radical (unpaired) electrons. The van der Waals surface area contributed by atoms with Gasteiger partial charge in [0.2, 0.25) is 0 Å². The fraction of sp³-hybridized carbons (Fsp3) is 0.444. The average molecular weight is 427 g/mol. The second kappa shape index (κ2) is 8.93. The standard InChI is InChI=1S/C18H23BrN2O5/c1-5-7-12-14(17(22)26-6-2)15(21-18(23)20-12)11-8-10(19)9-13(24-3)16(11)25-4/h8-9,15H,5-7H2,1-4H3,(H2,20,21,23). The van der Waals surface area contributed by atoms with Crippen LogP contribution in [0.25, 0.3) is 0 Å². The first kappa shape index (κ1) is 20.1. The van der Waals surface area contributed by atoms with Crippen molar-refractivity contribution in [2.24, 2.45) is 0 Å². The fourth-order valence-electron chi connectivity index (χ4n) is 2.92. The molecule has 1 heterocycles. The first-order chi connectivity index (χ1) is 12.5. The summed E-state index contributed by atoms with van der Waals surface area (Å²) in [6.45, 7) is 3.95. The van der Waals surface area contributed by atoms with E-state index >= 15 is 0 Å². The number of esters is 1. The van der Waals surface area contributed by atoms with Crippen molar-refractivity contribution >= 4 is 27.9 Å². The number of halogens is 1. The highest BCUT2D eigenvalue weighted by Gasteiger charge is 2.35. The molecule has 8 heteroatoms. The van der Waals surface area contributed by atoms with E-state index in [0.717, 1.165) is 10.9 Å². The topological polar surface area (TPSA) is 85.9 Å². The van der Waals surface area contributed by atoms with Gasteiger partial charge in [-0.15, -0.1) is 0 Å². The van der Waals surface area contributed by atoms with Gasteiger partial charge in [-0.2, -0.15) is 0 Å². The molecule has 0 bridgehead atoms. The van der Waals surface area contributed by atoms with Crippen LogP contribution >= 0.6 is 15.9 Å². The molecule has 0 fully saturated rings. The number of rotatable bonds is 7. The number of benzene rings is 1. The lowest BCUT2D eigenvalue weighted by atomic mass is 9.93. The van der Waals surface area contributed by atoms with Gasteiger partial charge in [0, 0.05) is 15.7 Å². The Morgan fingerprint density at radius 3 is 2.54 bits per heavy atom. The molecular formula is C18H23BrN2O5. The molecule has 1 aliphatic heterocycles. The van der Waals surface area contributed by atoms with E-state index in [9.17, 15) is 9.59 Å². The number of ether oxygens (including phenoxy) is 3. The highest BCUT2D eigenvalue weighted by Crippen LogP contribution is 2.41. The van der Waals surface area contributed by atoms with E-state index in [0.29, 0.717) is 34.8 Å². The number of methoxy groups -OCH3 is 2. The highest BCUT2D eigenvalue weighted by molar-refractivity contribution is 9.10. The van der Waals surface area contributed by atoms with Gasteiger partial charge in [-0.25, -0.2) is 9.59 Å². The smallest absolute Gasteiger partial charge is 0.338 e. The van der Waals surface area contributed by atoms with Gasteiger partial charge in [-0.1, -0.05) is 29.3 Å². The Bertz CT molecular complexity index is 733. The van der Waals surface area contributed by atoms with Crippen LogP contribution in [0.15, 0.2) is 27.9 Å². The molecule has 2 rings (SSSR count). The van der Waals surface area contributed by atoms with Crippen LogP contribution in [-0.4, -0.2) is 32.8 Å². The zero-order chi connectivity index (χ0) is 19.3. The van der Waals surface area contributed by atoms with Crippen LogP contribution in [0.5, 0.6) is 11.5 Å². The van der Waals surface area contributed by atoms with E-state index in [2.05, 4.69) is 26.6 Å². The fourth-order valence-corrected chi connectivity index (χ4v) is 3.38. The minimum Gasteiger partial charge on any atom is -0.493 e. The summed E-state index contributed by atoms with van der Waals surface area (Å²) in [5, 5.41) is 5.53. The molecule has 0 aromatic heterocycles. The summed E-state index contributed by atoms with van der Waals surface area (Å²) < 4.78 is 16.8. The molecule has 26 heavy (non-hydrogen) atoms. The lowest BCUT2D eigenvalue weighted by molar-refractivity contribution is -0.139. The van der Waals surface area contributed by atoms with Crippen LogP contribution in [0, 0.1) is 0 Å². The van der Waals surface area contributed by atoms with Crippen molar-refractivity contribution in [3.8, 4) is 11.5 Å². The Hall–Kier alpha value is -2.22. The molecule has 2 amide bonds. The second-order valence-corrected chi connectivity index (χ2v) is 6.54. The number of hydrogen-bond donors (Lipinski definition) is 2. The van der Waals surface area contributed by atoms with E-state index < -0.39 is 12.0 Å². The van der Waals surface area contributed by atoms with E-state index in [1.165, 1.54) is 14.2 Å². The number of nitrogens with one attached hydrogen (secondary N) is 2. The quantitative estimate of drug-likeness (QED) is 0.652. The second-order valence-electron chi connectivity index (χ2n) is 5.62. The molecule has 0 spiro atoms. The third-order valence-electron chi connectivity index (χ3n) is 3.93. The largest absolute Gasteiger partial charge is 0.493 e. The first-order valence-electron chi connectivity index (χ1n) is 8.35. The third kappa shape index (κ3) is 4.12. The maximum atomic E-state index is 12.7. The van der Waals surface area contributed by atoms with Gasteiger partial charge in [0.25, 0.3) is 0 Å². The summed E-state index contributed by atoms with van der Waals surface area (Å²) in [6, 6.07) is 2.45. The van der Waals surface area contributed by atoms with Crippen molar-refractivity contribution in [1.82, 2.24) is 10.6 Å². The lowest BCUT2D eigenvalue weighted by Gasteiger charge is -2.30. The zero-order valence-corrected chi connectivity index (χ0v) is 16.9. The van der Waals surface area contributed by atoms with Gasteiger partial charge in [-0.05, 0) is 25.5 Å². The van der Waals surface area contributed by atoms with Crippen LogP contribution in [-0.2, 0) is 9.53 Å². The summed E-state index contributed by atoms with van der Waals surface area (Å²) in [4.78, 5) is 24.9. The number of carbonyl (C=O) groups is 2. The Balaban J connectivity index is 2.68. The third-order valence-corrected chi connectivity index (χ3v) is 4.39. The number of urea groups is 1. The van der Waals surface area contributed by atoms with Crippen LogP contribution in [0.3, 0.4) is 0 Å². The Labute approximate surface area is 161 Å². The summed E-state index contributed by atoms with van der Waals surface area (Å²) >= 11 is 3.44. The normalized spacial score (nSPS) is 16.7. The van der Waals surface area contributed by atoms with E-state index in [1.807, 2.05) is 6.92 Å². The molecule has 1 aromatic carbocycles. The average Bonchev–Trinajstić information content (AvgIpc) is 2.60. The molecule has 1 atom stereocenters. The van der Waals surface area contributed by atoms with E-state index in [-0.39, 0.29) is 12.6 Å². The zero-order valence-electron chi connectivity index (χ0n) is 15.3. The number of amides is 2. The van der Waals surface area contributed by atoms with Crippen molar-refractivity contribution in [3.05, 3.63) is 33.4 Å². The predicted molar refractivity (Wildman–Crippen MR) is 100 cm³/mol. The molecule has 1 unspecified atom stereocenters. The lowest BCUT2D eigenvalue weighted by Crippen LogP contribution is -2.46. The van der Waals surface area contributed by atoms with Gasteiger partial charge in [0.1, 0.15) is 0 Å². The predicted octanol–water partition coefficient (Wildman–Crippen LogP) is 3.44. The Morgan fingerprint density at radius 1 is 1.23 bits per heavy atom. The highest BCUT2D eigenvalue weighted by atomic mass is 79.9. The van der Waals surface area contributed by atoms with Crippen molar-refractivity contribution in [1.29, 1.82) is 0 Å². The molecule has 0 aliphatic carbocycles. The van der Waals surface area contributed by atoms with E-state index in [1.54, 1.807) is 19.1 Å². The van der Waals surface area contributed by atoms with Gasteiger partial charge in [0.15, 0.2) is 11.5 Å². The summed E-state index contributed by atoms with van der Waals surface area (Å²) in [6.07, 6.45) is 1.32. The van der Waals surface area contributed by atoms with Crippen molar-refractivity contribution in [2.45, 2.75) is 32.7 Å². The first-order valence-corrected chi connectivity index (χ1v) is 9.15. The maximum absolute atomic E-state index is 12.7. The van der Waals surface area contributed by atoms with Crippen molar-refractivity contribution in [2.75, 3.05) is 20.8 Å². The van der Waals surface area contributed by atoms with Gasteiger partial charge < -0.3 is 24.8 Å². The minimum absolute atomic E-state index is 0.237. The van der Waals surface area contributed by atoms with Gasteiger partial charge in [0.05, 0.1) is 32.4 Å². The monoisotopic (exact) mass is 426 g/mol. The minimum atomic E-state index is -0.717. The SMILES string of the molecule is CCCC1=C(C(=O)OCC)C(c2cc(Br)cc(OC)c2OC)NC(=O)N1. The van der Waals surface area contributed by atoms with Crippen LogP contribution in [0.2, 0.25) is 0 Å². The summed E-state index contributed by atoms with van der Waals surface area (Å²) in [5.74, 6) is 0.458. The molecule has 0 saturated heterocycles.